The van der Waals surface area contributed by atoms with Gasteiger partial charge in [0.25, 0.3) is 0 Å². The van der Waals surface area contributed by atoms with Crippen LogP contribution in [0.2, 0.25) is 0 Å². The molecule has 1 atom stereocenters. The highest BCUT2D eigenvalue weighted by atomic mass is 32.2. The second-order valence-electron chi connectivity index (χ2n) is 5.43. The Hall–Kier alpha value is -1.36. The Bertz CT molecular complexity index is 450. The Kier molecular flexibility index (Phi) is 5.54. The first-order valence-corrected chi connectivity index (χ1v) is 7.60. The van der Waals surface area contributed by atoms with Gasteiger partial charge in [0, 0.05) is 33.5 Å². The third kappa shape index (κ3) is 5.87. The van der Waals surface area contributed by atoms with Gasteiger partial charge in [-0.2, -0.15) is 0 Å². The molecule has 0 aliphatic heterocycles. The van der Waals surface area contributed by atoms with Crippen LogP contribution in [0.5, 0.6) is 0 Å². The van der Waals surface area contributed by atoms with E-state index in [2.05, 4.69) is 5.32 Å². The zero-order valence-electron chi connectivity index (χ0n) is 11.7. The average Bonchev–Trinajstić information content (AvgIpc) is 2.31. The van der Waals surface area contributed by atoms with Crippen molar-refractivity contribution in [2.75, 3.05) is 18.0 Å². The summed E-state index contributed by atoms with van der Waals surface area (Å²) in [6.07, 6.45) is 0.322. The number of anilines is 1. The topological polar surface area (TPSA) is 72.2 Å². The number of amides is 1. The Labute approximate surface area is 117 Å². The second-order valence-corrected chi connectivity index (χ2v) is 7.75. The molecule has 0 bridgehead atoms. The molecule has 0 aliphatic carbocycles. The number of nitrogen functional groups attached to an aromatic ring is 1. The number of hydrogen-bond donors (Lipinski definition) is 2. The van der Waals surface area contributed by atoms with Gasteiger partial charge >= 0.3 is 0 Å². The maximum Gasteiger partial charge on any atom is 0.224 e. The molecule has 1 amide bonds. The van der Waals surface area contributed by atoms with Gasteiger partial charge in [-0.15, -0.1) is 0 Å². The summed E-state index contributed by atoms with van der Waals surface area (Å²) in [6.45, 7) is 6.23. The van der Waals surface area contributed by atoms with Crippen LogP contribution in [-0.4, -0.2) is 27.2 Å². The quantitative estimate of drug-likeness (QED) is 0.803. The van der Waals surface area contributed by atoms with Gasteiger partial charge in [0.2, 0.25) is 5.91 Å². The minimum Gasteiger partial charge on any atom is -0.399 e. The molecular formula is C14H22N2O2S. The summed E-state index contributed by atoms with van der Waals surface area (Å²) in [5.41, 5.74) is 7.18. The lowest BCUT2D eigenvalue weighted by atomic mass is 10.1. The van der Waals surface area contributed by atoms with Crippen molar-refractivity contribution >= 4 is 22.4 Å². The first kappa shape index (κ1) is 15.7. The molecule has 19 heavy (non-hydrogen) atoms. The summed E-state index contributed by atoms with van der Waals surface area (Å²) in [6, 6.07) is 7.22. The Morgan fingerprint density at radius 1 is 1.26 bits per heavy atom. The van der Waals surface area contributed by atoms with E-state index >= 15 is 0 Å². The lowest BCUT2D eigenvalue weighted by Gasteiger charge is -2.17. The van der Waals surface area contributed by atoms with Crippen molar-refractivity contribution < 1.29 is 9.00 Å². The van der Waals surface area contributed by atoms with Gasteiger partial charge < -0.3 is 11.1 Å². The van der Waals surface area contributed by atoms with Gasteiger partial charge in [0.05, 0.1) is 6.42 Å². The smallest absolute Gasteiger partial charge is 0.224 e. The van der Waals surface area contributed by atoms with Gasteiger partial charge in [-0.1, -0.05) is 12.1 Å². The van der Waals surface area contributed by atoms with Gasteiger partial charge in [-0.05, 0) is 38.5 Å². The van der Waals surface area contributed by atoms with E-state index in [0.29, 0.717) is 24.4 Å². The lowest BCUT2D eigenvalue weighted by molar-refractivity contribution is -0.120. The molecular weight excluding hydrogens is 260 g/mol. The molecule has 1 unspecified atom stereocenters. The summed E-state index contributed by atoms with van der Waals surface area (Å²) < 4.78 is 11.6. The highest BCUT2D eigenvalue weighted by Crippen LogP contribution is 2.10. The van der Waals surface area contributed by atoms with Crippen LogP contribution in [0.4, 0.5) is 5.69 Å². The fourth-order valence-corrected chi connectivity index (χ4v) is 2.37. The number of carbonyl (C=O) groups excluding carboxylic acids is 1. The van der Waals surface area contributed by atoms with Crippen molar-refractivity contribution in [3.8, 4) is 0 Å². The fourth-order valence-electron chi connectivity index (χ4n) is 1.47. The summed E-state index contributed by atoms with van der Waals surface area (Å²) in [4.78, 5) is 11.7. The standard InChI is InChI=1S/C14H22N2O2S/c1-14(2,3)19(18)9-8-16-13(17)10-11-4-6-12(15)7-5-11/h4-7H,8-10,15H2,1-3H3,(H,16,17). The van der Waals surface area contributed by atoms with E-state index < -0.39 is 10.8 Å². The summed E-state index contributed by atoms with van der Waals surface area (Å²) in [5, 5.41) is 2.79. The first-order chi connectivity index (χ1) is 8.79. The molecule has 0 heterocycles. The molecule has 3 N–H and O–H groups in total. The SMILES string of the molecule is CC(C)(C)S(=O)CCNC(=O)Cc1ccc(N)cc1. The Balaban J connectivity index is 2.33. The van der Waals surface area contributed by atoms with E-state index in [1.807, 2.05) is 32.9 Å². The van der Waals surface area contributed by atoms with E-state index in [-0.39, 0.29) is 10.7 Å². The molecule has 106 valence electrons. The molecule has 4 nitrogen and oxygen atoms in total. The van der Waals surface area contributed by atoms with Gasteiger partial charge in [-0.3, -0.25) is 9.00 Å². The number of hydrogen-bond acceptors (Lipinski definition) is 3. The summed E-state index contributed by atoms with van der Waals surface area (Å²) in [5.74, 6) is 0.424. The second kappa shape index (κ2) is 6.70. The van der Waals surface area contributed by atoms with Crippen molar-refractivity contribution in [3.05, 3.63) is 29.8 Å². The third-order valence-electron chi connectivity index (χ3n) is 2.64. The van der Waals surface area contributed by atoms with Crippen LogP contribution >= 0.6 is 0 Å². The number of carbonyl (C=O) groups is 1. The van der Waals surface area contributed by atoms with Crippen LogP contribution in [-0.2, 0) is 22.0 Å². The Morgan fingerprint density at radius 2 is 1.84 bits per heavy atom. The van der Waals surface area contributed by atoms with E-state index in [9.17, 15) is 9.00 Å². The van der Waals surface area contributed by atoms with Crippen LogP contribution in [0.15, 0.2) is 24.3 Å². The minimum absolute atomic E-state index is 0.0596. The van der Waals surface area contributed by atoms with Crippen LogP contribution in [0.25, 0.3) is 0 Å². The average molecular weight is 282 g/mol. The molecule has 1 rings (SSSR count). The normalized spacial score (nSPS) is 13.0. The number of nitrogens with one attached hydrogen (secondary N) is 1. The molecule has 0 radical (unpaired) electrons. The monoisotopic (exact) mass is 282 g/mol. The number of nitrogens with two attached hydrogens (primary N) is 1. The zero-order chi connectivity index (χ0) is 14.5. The molecule has 1 aromatic rings. The van der Waals surface area contributed by atoms with E-state index in [0.717, 1.165) is 5.56 Å². The fraction of sp³-hybridized carbons (Fsp3) is 0.500. The van der Waals surface area contributed by atoms with E-state index in [1.165, 1.54) is 0 Å². The van der Waals surface area contributed by atoms with Crippen molar-refractivity contribution in [1.29, 1.82) is 0 Å². The molecule has 5 heteroatoms. The first-order valence-electron chi connectivity index (χ1n) is 6.28. The highest BCUT2D eigenvalue weighted by molar-refractivity contribution is 7.86. The number of rotatable bonds is 5. The predicted molar refractivity (Wildman–Crippen MR) is 80.3 cm³/mol. The van der Waals surface area contributed by atoms with Crippen molar-refractivity contribution in [2.45, 2.75) is 31.9 Å². The largest absolute Gasteiger partial charge is 0.399 e. The van der Waals surface area contributed by atoms with Crippen LogP contribution in [0.3, 0.4) is 0 Å². The van der Waals surface area contributed by atoms with Crippen molar-refractivity contribution in [1.82, 2.24) is 5.32 Å². The molecule has 0 saturated carbocycles. The van der Waals surface area contributed by atoms with Crippen molar-refractivity contribution in [2.24, 2.45) is 0 Å². The van der Waals surface area contributed by atoms with Gasteiger partial charge in [0.1, 0.15) is 0 Å². The molecule has 1 aromatic carbocycles. The molecule has 0 aliphatic rings. The molecule has 0 saturated heterocycles. The minimum atomic E-state index is -0.935. The van der Waals surface area contributed by atoms with E-state index in [4.69, 9.17) is 5.73 Å². The lowest BCUT2D eigenvalue weighted by Crippen LogP contribution is -2.33. The van der Waals surface area contributed by atoms with Crippen LogP contribution in [0.1, 0.15) is 26.3 Å². The zero-order valence-corrected chi connectivity index (χ0v) is 12.5. The maximum absolute atomic E-state index is 11.8. The molecule has 0 fully saturated rings. The van der Waals surface area contributed by atoms with Crippen LogP contribution < -0.4 is 11.1 Å². The summed E-state index contributed by atoms with van der Waals surface area (Å²) >= 11 is 0. The van der Waals surface area contributed by atoms with Gasteiger partial charge in [-0.25, -0.2) is 0 Å². The third-order valence-corrected chi connectivity index (χ3v) is 4.58. The van der Waals surface area contributed by atoms with Crippen LogP contribution in [0, 0.1) is 0 Å². The number of benzene rings is 1. The maximum atomic E-state index is 11.8. The molecule has 0 spiro atoms. The summed E-state index contributed by atoms with van der Waals surface area (Å²) in [7, 11) is -0.935. The highest BCUT2D eigenvalue weighted by Gasteiger charge is 2.18. The predicted octanol–water partition coefficient (Wildman–Crippen LogP) is 1.47. The van der Waals surface area contributed by atoms with E-state index in [1.54, 1.807) is 12.1 Å². The molecule has 0 aromatic heterocycles. The van der Waals surface area contributed by atoms with Gasteiger partial charge in [0.15, 0.2) is 0 Å². The van der Waals surface area contributed by atoms with Crippen molar-refractivity contribution in [3.63, 3.8) is 0 Å². The Morgan fingerprint density at radius 3 is 2.37 bits per heavy atom.